The zero-order chi connectivity index (χ0) is 18.4. The van der Waals surface area contributed by atoms with Crippen molar-refractivity contribution in [3.8, 4) is 11.1 Å². The Morgan fingerprint density at radius 1 is 0.923 bits per heavy atom. The van der Waals surface area contributed by atoms with E-state index >= 15 is 0 Å². The van der Waals surface area contributed by atoms with Gasteiger partial charge in [0.25, 0.3) is 0 Å². The van der Waals surface area contributed by atoms with Crippen LogP contribution in [0.3, 0.4) is 0 Å². The van der Waals surface area contributed by atoms with E-state index in [0.717, 1.165) is 36.1 Å². The van der Waals surface area contributed by atoms with Crippen molar-refractivity contribution in [3.63, 3.8) is 0 Å². The van der Waals surface area contributed by atoms with Gasteiger partial charge in [-0.1, -0.05) is 54.6 Å². The highest BCUT2D eigenvalue weighted by atomic mass is 16.2. The van der Waals surface area contributed by atoms with Gasteiger partial charge < -0.3 is 15.8 Å². The van der Waals surface area contributed by atoms with Gasteiger partial charge in [0, 0.05) is 17.9 Å². The van der Waals surface area contributed by atoms with Gasteiger partial charge in [-0.15, -0.1) is 0 Å². The molecule has 0 spiro atoms. The molecule has 3 rings (SSSR count). The van der Waals surface area contributed by atoms with Gasteiger partial charge in [0.1, 0.15) is 5.84 Å². The molecule has 1 aromatic heterocycles. The lowest BCUT2D eigenvalue weighted by Crippen LogP contribution is -2.12. The van der Waals surface area contributed by atoms with E-state index in [-0.39, 0.29) is 12.4 Å². The average Bonchev–Trinajstić information content (AvgIpc) is 3.10. The van der Waals surface area contributed by atoms with Gasteiger partial charge in [-0.25, -0.2) is 0 Å². The SMILES string of the molecule is N=C(N)c1[nH]c(CCCO)cc1-c1cccc(CCc2ccccc2)c1. The number of nitrogens with two attached hydrogens (primary N) is 1. The molecule has 1 heterocycles. The van der Waals surface area contributed by atoms with E-state index in [1.54, 1.807) is 0 Å². The third-order valence-electron chi connectivity index (χ3n) is 4.53. The number of aromatic nitrogens is 1. The fourth-order valence-corrected chi connectivity index (χ4v) is 3.18. The van der Waals surface area contributed by atoms with E-state index in [9.17, 15) is 0 Å². The first-order chi connectivity index (χ1) is 12.7. The quantitative estimate of drug-likeness (QED) is 0.370. The van der Waals surface area contributed by atoms with Crippen LogP contribution in [0.15, 0.2) is 60.7 Å². The van der Waals surface area contributed by atoms with Crippen LogP contribution < -0.4 is 5.73 Å². The summed E-state index contributed by atoms with van der Waals surface area (Å²) in [5.41, 5.74) is 12.0. The summed E-state index contributed by atoms with van der Waals surface area (Å²) in [6, 6.07) is 20.9. The van der Waals surface area contributed by atoms with Gasteiger partial charge in [0.2, 0.25) is 0 Å². The summed E-state index contributed by atoms with van der Waals surface area (Å²) >= 11 is 0. The number of hydrogen-bond donors (Lipinski definition) is 4. The Kier molecular flexibility index (Phi) is 5.87. The molecule has 3 aromatic rings. The molecule has 0 saturated carbocycles. The highest BCUT2D eigenvalue weighted by Gasteiger charge is 2.13. The summed E-state index contributed by atoms with van der Waals surface area (Å²) in [7, 11) is 0. The number of benzene rings is 2. The molecule has 0 fully saturated rings. The molecule has 0 unspecified atom stereocenters. The third kappa shape index (κ3) is 4.41. The molecular weight excluding hydrogens is 322 g/mol. The minimum absolute atomic E-state index is 0.0323. The lowest BCUT2D eigenvalue weighted by atomic mass is 9.99. The van der Waals surface area contributed by atoms with Crippen molar-refractivity contribution in [1.82, 2.24) is 4.98 Å². The minimum Gasteiger partial charge on any atom is -0.396 e. The van der Waals surface area contributed by atoms with Gasteiger partial charge in [-0.2, -0.15) is 0 Å². The Bertz CT molecular complexity index is 868. The van der Waals surface area contributed by atoms with Crippen LogP contribution in [0.4, 0.5) is 0 Å². The fourth-order valence-electron chi connectivity index (χ4n) is 3.18. The van der Waals surface area contributed by atoms with E-state index in [4.69, 9.17) is 16.2 Å². The number of aliphatic hydroxyl groups excluding tert-OH is 1. The van der Waals surface area contributed by atoms with Crippen LogP contribution in [0, 0.1) is 5.41 Å². The lowest BCUT2D eigenvalue weighted by Gasteiger charge is -2.07. The number of nitrogens with one attached hydrogen (secondary N) is 2. The molecule has 0 atom stereocenters. The predicted molar refractivity (Wildman–Crippen MR) is 107 cm³/mol. The molecule has 4 nitrogen and oxygen atoms in total. The Hall–Kier alpha value is -2.85. The van der Waals surface area contributed by atoms with Crippen LogP contribution in [-0.4, -0.2) is 22.5 Å². The first kappa shape index (κ1) is 18.0. The molecule has 0 aliphatic rings. The van der Waals surface area contributed by atoms with Crippen LogP contribution in [0.5, 0.6) is 0 Å². The molecule has 0 amide bonds. The second kappa shape index (κ2) is 8.50. The minimum atomic E-state index is 0.0323. The van der Waals surface area contributed by atoms with Crippen LogP contribution in [-0.2, 0) is 19.3 Å². The molecule has 26 heavy (non-hydrogen) atoms. The van der Waals surface area contributed by atoms with Gasteiger partial charge in [0.05, 0.1) is 5.69 Å². The zero-order valence-electron chi connectivity index (χ0n) is 14.8. The molecule has 0 saturated heterocycles. The van der Waals surface area contributed by atoms with E-state index in [1.165, 1.54) is 11.1 Å². The number of hydrogen-bond acceptors (Lipinski definition) is 2. The van der Waals surface area contributed by atoms with Crippen molar-refractivity contribution in [2.75, 3.05) is 6.61 Å². The van der Waals surface area contributed by atoms with E-state index in [0.29, 0.717) is 12.1 Å². The average molecular weight is 347 g/mol. The normalized spacial score (nSPS) is 10.8. The van der Waals surface area contributed by atoms with Gasteiger partial charge in [-0.05, 0) is 48.4 Å². The number of aliphatic hydroxyl groups is 1. The summed E-state index contributed by atoms with van der Waals surface area (Å²) in [5.74, 6) is 0.0323. The molecule has 134 valence electrons. The van der Waals surface area contributed by atoms with Crippen LogP contribution in [0.2, 0.25) is 0 Å². The second-order valence-corrected chi connectivity index (χ2v) is 6.51. The molecule has 0 aliphatic heterocycles. The van der Waals surface area contributed by atoms with Crippen molar-refractivity contribution in [2.45, 2.75) is 25.7 Å². The molecule has 0 radical (unpaired) electrons. The van der Waals surface area contributed by atoms with Gasteiger partial charge in [0.15, 0.2) is 0 Å². The third-order valence-corrected chi connectivity index (χ3v) is 4.53. The summed E-state index contributed by atoms with van der Waals surface area (Å²) in [4.78, 5) is 3.23. The number of H-pyrrole nitrogens is 1. The largest absolute Gasteiger partial charge is 0.396 e. The zero-order valence-corrected chi connectivity index (χ0v) is 14.8. The molecule has 2 aromatic carbocycles. The van der Waals surface area contributed by atoms with Crippen molar-refractivity contribution in [1.29, 1.82) is 5.41 Å². The smallest absolute Gasteiger partial charge is 0.140 e. The fraction of sp³-hybridized carbons (Fsp3) is 0.227. The summed E-state index contributed by atoms with van der Waals surface area (Å²) in [6.07, 6.45) is 3.40. The maximum atomic E-state index is 9.04. The Morgan fingerprint density at radius 2 is 1.65 bits per heavy atom. The molecule has 0 bridgehead atoms. The highest BCUT2D eigenvalue weighted by Crippen LogP contribution is 2.26. The van der Waals surface area contributed by atoms with E-state index in [1.807, 2.05) is 12.1 Å². The number of aromatic amines is 1. The Morgan fingerprint density at radius 3 is 2.38 bits per heavy atom. The van der Waals surface area contributed by atoms with Gasteiger partial charge in [-0.3, -0.25) is 5.41 Å². The first-order valence-corrected chi connectivity index (χ1v) is 8.97. The molecule has 4 heteroatoms. The van der Waals surface area contributed by atoms with Crippen molar-refractivity contribution < 1.29 is 5.11 Å². The topological polar surface area (TPSA) is 85.9 Å². The van der Waals surface area contributed by atoms with E-state index in [2.05, 4.69) is 53.5 Å². The van der Waals surface area contributed by atoms with Crippen molar-refractivity contribution in [3.05, 3.63) is 83.2 Å². The number of rotatable bonds is 8. The Labute approximate surface area is 154 Å². The molecule has 0 aliphatic carbocycles. The summed E-state index contributed by atoms with van der Waals surface area (Å²) < 4.78 is 0. The highest BCUT2D eigenvalue weighted by molar-refractivity contribution is 6.00. The summed E-state index contributed by atoms with van der Waals surface area (Å²) in [6.45, 7) is 0.152. The van der Waals surface area contributed by atoms with Crippen LogP contribution >= 0.6 is 0 Å². The monoisotopic (exact) mass is 347 g/mol. The van der Waals surface area contributed by atoms with Gasteiger partial charge >= 0.3 is 0 Å². The molecular formula is C22H25N3O. The number of amidine groups is 1. The second-order valence-electron chi connectivity index (χ2n) is 6.51. The van der Waals surface area contributed by atoms with Crippen molar-refractivity contribution >= 4 is 5.84 Å². The summed E-state index contributed by atoms with van der Waals surface area (Å²) in [5, 5.41) is 16.9. The maximum Gasteiger partial charge on any atom is 0.140 e. The first-order valence-electron chi connectivity index (χ1n) is 8.97. The van der Waals surface area contributed by atoms with Crippen LogP contribution in [0.1, 0.15) is 28.9 Å². The van der Waals surface area contributed by atoms with Crippen LogP contribution in [0.25, 0.3) is 11.1 Å². The number of aryl methyl sites for hydroxylation is 3. The van der Waals surface area contributed by atoms with Crippen molar-refractivity contribution in [2.24, 2.45) is 5.73 Å². The lowest BCUT2D eigenvalue weighted by molar-refractivity contribution is 0.288. The molecule has 5 N–H and O–H groups in total. The standard InChI is InChI=1S/C22H25N3O/c23-22(24)21-20(15-19(25-21)10-5-13-26)18-9-4-8-17(14-18)12-11-16-6-2-1-3-7-16/h1-4,6-9,14-15,25-26H,5,10-13H2,(H3,23,24). The maximum absolute atomic E-state index is 9.04. The Balaban J connectivity index is 1.82. The number of nitrogen functional groups attached to an aromatic ring is 1. The van der Waals surface area contributed by atoms with E-state index < -0.39 is 0 Å². The predicted octanol–water partition coefficient (Wildman–Crippen LogP) is 3.68.